The van der Waals surface area contributed by atoms with E-state index in [4.69, 9.17) is 13.9 Å². The average molecular weight is 665 g/mol. The number of carboxylic acids is 1. The Labute approximate surface area is 248 Å². The van der Waals surface area contributed by atoms with Gasteiger partial charge >= 0.3 is 5.97 Å². The molecule has 4 N–H and O–H groups in total. The summed E-state index contributed by atoms with van der Waals surface area (Å²) in [6.07, 6.45) is 2.39. The monoisotopic (exact) mass is 664 g/mol. The van der Waals surface area contributed by atoms with E-state index in [2.05, 4.69) is 10.5 Å². The number of halogens is 3. The van der Waals surface area contributed by atoms with Gasteiger partial charge in [0, 0.05) is 37.3 Å². The molecule has 19 heteroatoms. The predicted octanol–water partition coefficient (Wildman–Crippen LogP) is 1.53. The minimum atomic E-state index is -3.67. The number of nitrogens with zero attached hydrogens (tertiary/aromatic N) is 3. The van der Waals surface area contributed by atoms with E-state index >= 15 is 4.39 Å². The van der Waals surface area contributed by atoms with Crippen LogP contribution in [-0.4, -0.2) is 93.1 Å². The van der Waals surface area contributed by atoms with Crippen LogP contribution < -0.4 is 15.6 Å². The second-order valence-electron chi connectivity index (χ2n) is 9.89. The van der Waals surface area contributed by atoms with Crippen molar-refractivity contribution in [1.82, 2.24) is 9.88 Å². The van der Waals surface area contributed by atoms with E-state index in [1.165, 1.54) is 13.2 Å². The van der Waals surface area contributed by atoms with Gasteiger partial charge in [-0.15, -0.1) is 0 Å². The van der Waals surface area contributed by atoms with Crippen LogP contribution in [0.25, 0.3) is 16.6 Å². The maximum atomic E-state index is 15.3. The predicted molar refractivity (Wildman–Crippen MR) is 153 cm³/mol. The third kappa shape index (κ3) is 8.32. The number of carbonyl (C=O) groups is 1. The number of hydrogen-bond acceptors (Lipinski definition) is 10. The van der Waals surface area contributed by atoms with Gasteiger partial charge < -0.3 is 24.7 Å². The first-order valence-corrected chi connectivity index (χ1v) is 15.9. The molecule has 0 radical (unpaired) electrons. The van der Waals surface area contributed by atoms with Gasteiger partial charge in [0.25, 0.3) is 20.2 Å². The molecule has 2 aromatic carbocycles. The van der Waals surface area contributed by atoms with E-state index in [1.54, 1.807) is 4.90 Å². The van der Waals surface area contributed by atoms with E-state index in [9.17, 15) is 40.3 Å². The van der Waals surface area contributed by atoms with Gasteiger partial charge in [-0.05, 0) is 24.3 Å². The molecule has 14 nitrogen and oxygen atoms in total. The molecule has 3 aromatic rings. The van der Waals surface area contributed by atoms with E-state index in [0.717, 1.165) is 34.7 Å². The Morgan fingerprint density at radius 2 is 1.57 bits per heavy atom. The standard InChI is InChI=1S/C23H19F3N4O4.2CH4O3S/c1-34-28-20-8-29(11-23(20)9-27-10-23)19-6-18-13(5-16(19)26)21(31)14(22(32)33)7-30(18)17-3-2-12(24)4-15(17)25;2*1-5(2,3)4/h2-7,27H,8-11H2,1H3,(H,32,33);2*1H3,(H,2,3,4). The van der Waals surface area contributed by atoms with Crippen LogP contribution in [0.5, 0.6) is 0 Å². The van der Waals surface area contributed by atoms with Crippen molar-refractivity contribution < 1.29 is 53.9 Å². The fourth-order valence-electron chi connectivity index (χ4n) is 4.61. The molecule has 0 aliphatic carbocycles. The lowest BCUT2D eigenvalue weighted by Crippen LogP contribution is -2.58. The van der Waals surface area contributed by atoms with Crippen LogP contribution in [0.3, 0.4) is 0 Å². The van der Waals surface area contributed by atoms with Gasteiger partial charge in [-0.3, -0.25) is 13.9 Å². The molecule has 0 saturated carbocycles. The van der Waals surface area contributed by atoms with Gasteiger partial charge in [0.15, 0.2) is 0 Å². The quantitative estimate of drug-likeness (QED) is 0.232. The van der Waals surface area contributed by atoms with Crippen molar-refractivity contribution in [3.63, 3.8) is 0 Å². The largest absolute Gasteiger partial charge is 0.477 e. The lowest BCUT2D eigenvalue weighted by atomic mass is 9.79. The average Bonchev–Trinajstić information content (AvgIpc) is 3.23. The number of hydrogen-bond donors (Lipinski definition) is 4. The minimum absolute atomic E-state index is 0.0785. The summed E-state index contributed by atoms with van der Waals surface area (Å²) < 4.78 is 96.3. The lowest BCUT2D eigenvalue weighted by molar-refractivity contribution is 0.0695. The third-order valence-corrected chi connectivity index (χ3v) is 6.39. The second-order valence-corrected chi connectivity index (χ2v) is 12.8. The fraction of sp³-hybridized carbons (Fsp3) is 0.320. The van der Waals surface area contributed by atoms with Crippen molar-refractivity contribution in [2.45, 2.75) is 0 Å². The van der Waals surface area contributed by atoms with Crippen molar-refractivity contribution in [1.29, 1.82) is 0 Å². The number of aromatic carboxylic acids is 1. The number of fused-ring (bicyclic) bond motifs is 1. The summed E-state index contributed by atoms with van der Waals surface area (Å²) in [4.78, 5) is 31.2. The maximum absolute atomic E-state index is 15.3. The summed E-state index contributed by atoms with van der Waals surface area (Å²) in [7, 11) is -5.90. The molecule has 0 unspecified atom stereocenters. The zero-order chi connectivity index (χ0) is 33.2. The van der Waals surface area contributed by atoms with Gasteiger partial charge in [-0.25, -0.2) is 18.0 Å². The van der Waals surface area contributed by atoms with Crippen molar-refractivity contribution in [2.75, 3.05) is 50.7 Å². The molecule has 3 heterocycles. The van der Waals surface area contributed by atoms with Crippen LogP contribution in [-0.2, 0) is 25.1 Å². The highest BCUT2D eigenvalue weighted by atomic mass is 32.2. The fourth-order valence-corrected chi connectivity index (χ4v) is 4.61. The normalized spacial score (nSPS) is 16.5. The highest BCUT2D eigenvalue weighted by Crippen LogP contribution is 2.37. The molecular formula is C25H27F3N4O10S2. The Kier molecular flexibility index (Phi) is 10.1. The zero-order valence-electron chi connectivity index (χ0n) is 23.3. The molecule has 1 aromatic heterocycles. The topological polar surface area (TPSA) is 205 Å². The van der Waals surface area contributed by atoms with Crippen LogP contribution >= 0.6 is 0 Å². The number of carboxylic acid groups (broad SMARTS) is 1. The first kappa shape index (κ1) is 34.5. The Morgan fingerprint density at radius 1 is 1.00 bits per heavy atom. The number of anilines is 1. The molecule has 5 rings (SSSR count). The highest BCUT2D eigenvalue weighted by molar-refractivity contribution is 7.85. The van der Waals surface area contributed by atoms with E-state index in [1.807, 2.05) is 0 Å². The van der Waals surface area contributed by atoms with Gasteiger partial charge in [0.05, 0.1) is 47.1 Å². The summed E-state index contributed by atoms with van der Waals surface area (Å²) in [6.45, 7) is 2.01. The first-order chi connectivity index (χ1) is 20.2. The summed E-state index contributed by atoms with van der Waals surface area (Å²) in [6, 6.07) is 5.10. The van der Waals surface area contributed by atoms with Crippen molar-refractivity contribution in [3.05, 3.63) is 69.8 Å². The second kappa shape index (κ2) is 12.9. The van der Waals surface area contributed by atoms with Crippen LogP contribution in [0, 0.1) is 22.9 Å². The molecule has 2 aliphatic heterocycles. The van der Waals surface area contributed by atoms with Crippen molar-refractivity contribution in [2.24, 2.45) is 10.6 Å². The summed E-state index contributed by atoms with van der Waals surface area (Å²) >= 11 is 0. The van der Waals surface area contributed by atoms with Crippen LogP contribution in [0.1, 0.15) is 10.4 Å². The van der Waals surface area contributed by atoms with Crippen LogP contribution in [0.4, 0.5) is 18.9 Å². The van der Waals surface area contributed by atoms with Crippen LogP contribution in [0.2, 0.25) is 0 Å². The molecule has 2 aliphatic rings. The maximum Gasteiger partial charge on any atom is 0.341 e. The smallest absolute Gasteiger partial charge is 0.341 e. The van der Waals surface area contributed by atoms with Crippen molar-refractivity contribution in [3.8, 4) is 5.69 Å². The number of rotatable bonds is 4. The van der Waals surface area contributed by atoms with Crippen LogP contribution in [0.15, 0.2) is 46.5 Å². The number of benzene rings is 2. The Balaban J connectivity index is 0.000000461. The third-order valence-electron chi connectivity index (χ3n) is 6.39. The van der Waals surface area contributed by atoms with E-state index in [0.29, 0.717) is 38.2 Å². The van der Waals surface area contributed by atoms with Gasteiger partial charge in [-0.1, -0.05) is 5.16 Å². The number of aromatic nitrogens is 1. The molecule has 1 spiro atoms. The lowest BCUT2D eigenvalue weighted by Gasteiger charge is -2.38. The first-order valence-electron chi connectivity index (χ1n) is 12.2. The summed E-state index contributed by atoms with van der Waals surface area (Å²) in [5.74, 6) is -4.08. The van der Waals surface area contributed by atoms with E-state index < -0.39 is 54.6 Å². The van der Waals surface area contributed by atoms with E-state index in [-0.39, 0.29) is 34.2 Å². The highest BCUT2D eigenvalue weighted by Gasteiger charge is 2.49. The molecule has 0 amide bonds. The van der Waals surface area contributed by atoms with Crippen molar-refractivity contribution >= 4 is 48.5 Å². The molecule has 2 fully saturated rings. The zero-order valence-corrected chi connectivity index (χ0v) is 24.9. The molecular weight excluding hydrogens is 637 g/mol. The van der Waals surface area contributed by atoms with Gasteiger partial charge in [0.1, 0.15) is 30.1 Å². The Morgan fingerprint density at radius 3 is 2.05 bits per heavy atom. The molecule has 44 heavy (non-hydrogen) atoms. The molecule has 240 valence electrons. The number of oxime groups is 1. The Bertz CT molecular complexity index is 1870. The molecule has 2 saturated heterocycles. The Hall–Kier alpha value is -4.04. The molecule has 0 atom stereocenters. The molecule has 0 bridgehead atoms. The number of nitrogens with one attached hydrogen (secondary N) is 1. The number of pyridine rings is 1. The SMILES string of the molecule is CON=C1CN(c2cc3c(cc2F)c(=O)c(C(=O)O)cn3-c2ccc(F)cc2F)CC12CNC2.CS(=O)(=O)O.CS(=O)(=O)O. The van der Waals surface area contributed by atoms with Gasteiger partial charge in [0.2, 0.25) is 5.43 Å². The summed E-state index contributed by atoms with van der Waals surface area (Å²) in [5.41, 5.74) is -1.11. The van der Waals surface area contributed by atoms with Gasteiger partial charge in [-0.2, -0.15) is 16.8 Å². The summed E-state index contributed by atoms with van der Waals surface area (Å²) in [5, 5.41) is 16.5. The minimum Gasteiger partial charge on any atom is -0.477 e.